The maximum Gasteiger partial charge on any atom is 0.417 e. The number of nitrogens with one attached hydrogen (secondary N) is 2. The molecule has 4 rings (SSSR count). The summed E-state index contributed by atoms with van der Waals surface area (Å²) in [5, 5.41) is 5.17. The number of imidazole rings is 1. The molecule has 19 nitrogen and oxygen atoms in total. The van der Waals surface area contributed by atoms with Crippen LogP contribution in [0.5, 0.6) is 12.0 Å². The molecule has 0 aliphatic carbocycles. The van der Waals surface area contributed by atoms with Gasteiger partial charge in [-0.3, -0.25) is 9.36 Å². The molecule has 0 aliphatic heterocycles. The van der Waals surface area contributed by atoms with Gasteiger partial charge in [-0.25, -0.2) is 14.4 Å². The van der Waals surface area contributed by atoms with Crippen molar-refractivity contribution in [1.29, 1.82) is 0 Å². The molecule has 2 heterocycles. The van der Waals surface area contributed by atoms with E-state index in [1.165, 1.54) is 16.8 Å². The van der Waals surface area contributed by atoms with Crippen molar-refractivity contribution in [2.75, 3.05) is 65.1 Å². The third kappa shape index (κ3) is 11.9. The Morgan fingerprint density at radius 1 is 0.906 bits per heavy atom. The summed E-state index contributed by atoms with van der Waals surface area (Å²) in [4.78, 5) is 64.7. The van der Waals surface area contributed by atoms with E-state index in [1.54, 1.807) is 43.0 Å². The summed E-state index contributed by atoms with van der Waals surface area (Å²) < 4.78 is 23.3. The Labute approximate surface area is 305 Å². The summed E-state index contributed by atoms with van der Waals surface area (Å²) in [5.41, 5.74) is 19.8. The van der Waals surface area contributed by atoms with E-state index in [0.29, 0.717) is 42.9 Å². The number of aromatic nitrogens is 4. The van der Waals surface area contributed by atoms with Gasteiger partial charge in [-0.1, -0.05) is 42.5 Å². The zero-order valence-corrected chi connectivity index (χ0v) is 29.8. The van der Waals surface area contributed by atoms with Crippen LogP contribution in [0.4, 0.5) is 25.9 Å². The molecule has 0 bridgehead atoms. The van der Waals surface area contributed by atoms with Crippen LogP contribution in [0.1, 0.15) is 24.0 Å². The highest BCUT2D eigenvalue weighted by Crippen LogP contribution is 2.27. The number of nitrogens with zero attached hydrogens (tertiary/aromatic N) is 6. The largest absolute Gasteiger partial charge is 0.461 e. The average Bonchev–Trinajstić information content (AvgIpc) is 3.48. The zero-order valence-electron chi connectivity index (χ0n) is 29.8. The Bertz CT molecular complexity index is 1840. The van der Waals surface area contributed by atoms with E-state index >= 15 is 0 Å². The number of carbonyl (C=O) groups is 4. The number of primary amides is 1. The molecular weight excluding hydrogens is 690 g/mol. The Morgan fingerprint density at radius 2 is 1.60 bits per heavy atom. The van der Waals surface area contributed by atoms with Gasteiger partial charge in [0.05, 0.1) is 19.2 Å². The number of carbonyl (C=O) groups excluding carboxylic acids is 4. The van der Waals surface area contributed by atoms with Gasteiger partial charge < -0.3 is 56.6 Å². The molecular formula is C34H45N11O8. The molecule has 0 fully saturated rings. The zero-order chi connectivity index (χ0) is 38.3. The first-order valence-corrected chi connectivity index (χ1v) is 16.6. The number of urea groups is 1. The maximum atomic E-state index is 13.2. The predicted octanol–water partition coefficient (Wildman–Crippen LogP) is 1.90. The molecule has 5 amide bonds. The van der Waals surface area contributed by atoms with Gasteiger partial charge in [0.25, 0.3) is 0 Å². The topological polar surface area (TPSA) is 257 Å². The molecule has 0 unspecified atom stereocenters. The molecule has 0 saturated heterocycles. The molecule has 284 valence electrons. The van der Waals surface area contributed by atoms with Crippen LogP contribution in [0.2, 0.25) is 0 Å². The Morgan fingerprint density at radius 3 is 2.28 bits per heavy atom. The Balaban J connectivity index is 1.28. The van der Waals surface area contributed by atoms with Crippen molar-refractivity contribution in [1.82, 2.24) is 34.6 Å². The number of rotatable bonds is 18. The van der Waals surface area contributed by atoms with E-state index in [1.807, 2.05) is 30.3 Å². The second-order valence-corrected chi connectivity index (χ2v) is 11.9. The van der Waals surface area contributed by atoms with Crippen LogP contribution in [-0.4, -0.2) is 114 Å². The fraction of sp³-hybridized carbons (Fsp3) is 0.382. The standard InChI is InChI=1S/C34H45N11O8/c1-43(33(48)52-21-23-11-13-24(14-12-23)39-29(46)25(35)10-7-15-38-30(37)47)16-17-44(2)34(49)53-32-40-26-27(36)41-31(51-19-18-50-3)42-28(26)45(32)20-22-8-5-4-6-9-22/h4-6,8-9,11-14,25H,7,10,15-21,35H2,1-3H3,(H,39,46)(H2,36,41,42)(H3,37,38,47)/t25-/m0/s1. The molecule has 0 saturated carbocycles. The van der Waals surface area contributed by atoms with Crippen LogP contribution in [0.15, 0.2) is 54.6 Å². The van der Waals surface area contributed by atoms with Crippen molar-refractivity contribution in [3.8, 4) is 12.0 Å². The maximum absolute atomic E-state index is 13.2. The van der Waals surface area contributed by atoms with E-state index < -0.39 is 24.3 Å². The van der Waals surface area contributed by atoms with Crippen molar-refractivity contribution in [3.63, 3.8) is 0 Å². The van der Waals surface area contributed by atoms with Gasteiger partial charge in [0.15, 0.2) is 17.0 Å². The molecule has 1 atom stereocenters. The Hall–Kier alpha value is -6.21. The van der Waals surface area contributed by atoms with Gasteiger partial charge >= 0.3 is 30.2 Å². The fourth-order valence-corrected chi connectivity index (χ4v) is 4.73. The van der Waals surface area contributed by atoms with Gasteiger partial charge in [-0.05, 0) is 36.1 Å². The third-order valence-electron chi connectivity index (χ3n) is 7.75. The minimum Gasteiger partial charge on any atom is -0.461 e. The number of nitrogens with two attached hydrogens (primary N) is 3. The second kappa shape index (κ2) is 19.4. The first-order valence-electron chi connectivity index (χ1n) is 16.6. The van der Waals surface area contributed by atoms with E-state index in [2.05, 4.69) is 25.6 Å². The van der Waals surface area contributed by atoms with Crippen LogP contribution < -0.4 is 37.3 Å². The molecule has 8 N–H and O–H groups in total. The van der Waals surface area contributed by atoms with Crippen molar-refractivity contribution in [2.24, 2.45) is 11.5 Å². The second-order valence-electron chi connectivity index (χ2n) is 11.9. The molecule has 0 aliphatic rings. The lowest BCUT2D eigenvalue weighted by atomic mass is 10.1. The minimum absolute atomic E-state index is 0.0234. The molecule has 2 aromatic carbocycles. The highest BCUT2D eigenvalue weighted by atomic mass is 16.6. The number of anilines is 2. The smallest absolute Gasteiger partial charge is 0.417 e. The van der Waals surface area contributed by atoms with Crippen molar-refractivity contribution in [2.45, 2.75) is 32.0 Å². The van der Waals surface area contributed by atoms with Crippen molar-refractivity contribution in [3.05, 3.63) is 65.7 Å². The molecule has 0 spiro atoms. The number of hydrogen-bond donors (Lipinski definition) is 5. The molecule has 4 aromatic rings. The number of fused-ring (bicyclic) bond motifs is 1. The van der Waals surface area contributed by atoms with Gasteiger partial charge in [0, 0.05) is 46.5 Å². The van der Waals surface area contributed by atoms with Gasteiger partial charge in [-0.2, -0.15) is 15.0 Å². The lowest BCUT2D eigenvalue weighted by Gasteiger charge is -2.21. The van der Waals surface area contributed by atoms with Gasteiger partial charge in [-0.15, -0.1) is 0 Å². The summed E-state index contributed by atoms with van der Waals surface area (Å²) in [7, 11) is 4.61. The normalized spacial score (nSPS) is 11.4. The minimum atomic E-state index is -0.764. The molecule has 0 radical (unpaired) electrons. The van der Waals surface area contributed by atoms with E-state index in [-0.39, 0.29) is 62.1 Å². The van der Waals surface area contributed by atoms with Crippen LogP contribution in [-0.2, 0) is 27.4 Å². The number of amides is 5. The van der Waals surface area contributed by atoms with Crippen LogP contribution >= 0.6 is 0 Å². The number of nitrogen functional groups attached to an aromatic ring is 1. The first-order chi connectivity index (χ1) is 25.4. The monoisotopic (exact) mass is 735 g/mol. The predicted molar refractivity (Wildman–Crippen MR) is 194 cm³/mol. The number of ether oxygens (including phenoxy) is 4. The van der Waals surface area contributed by atoms with E-state index in [4.69, 9.17) is 36.1 Å². The highest BCUT2D eigenvalue weighted by molar-refractivity contribution is 5.94. The third-order valence-corrected chi connectivity index (χ3v) is 7.75. The summed E-state index contributed by atoms with van der Waals surface area (Å²) >= 11 is 0. The summed E-state index contributed by atoms with van der Waals surface area (Å²) in [6, 6.07) is 14.8. The van der Waals surface area contributed by atoms with Crippen LogP contribution in [0, 0.1) is 0 Å². The fourth-order valence-electron chi connectivity index (χ4n) is 4.73. The van der Waals surface area contributed by atoms with Crippen LogP contribution in [0.3, 0.4) is 0 Å². The number of benzene rings is 2. The average molecular weight is 736 g/mol. The number of likely N-dealkylation sites (N-methyl/N-ethyl adjacent to an activating group) is 2. The van der Waals surface area contributed by atoms with Crippen molar-refractivity contribution >= 4 is 46.8 Å². The van der Waals surface area contributed by atoms with Gasteiger partial charge in [0.2, 0.25) is 5.91 Å². The lowest BCUT2D eigenvalue weighted by molar-refractivity contribution is -0.117. The van der Waals surface area contributed by atoms with Crippen molar-refractivity contribution < 1.29 is 38.1 Å². The van der Waals surface area contributed by atoms with Gasteiger partial charge in [0.1, 0.15) is 13.2 Å². The Kier molecular flexibility index (Phi) is 14.5. The highest BCUT2D eigenvalue weighted by Gasteiger charge is 2.23. The van der Waals surface area contributed by atoms with E-state index in [9.17, 15) is 19.2 Å². The number of methoxy groups -OCH3 is 1. The molecule has 53 heavy (non-hydrogen) atoms. The number of hydrogen-bond acceptors (Lipinski definition) is 13. The van der Waals surface area contributed by atoms with E-state index in [0.717, 1.165) is 5.56 Å². The SMILES string of the molecule is COCCOc1nc(N)c2nc(OC(=O)N(C)CCN(C)C(=O)OCc3ccc(NC(=O)[C@@H](N)CCCNC(N)=O)cc3)n(Cc3ccccc3)c2n1. The lowest BCUT2D eigenvalue weighted by Crippen LogP contribution is -2.39. The summed E-state index contributed by atoms with van der Waals surface area (Å²) in [6.07, 6.45) is -0.480. The molecule has 19 heteroatoms. The van der Waals surface area contributed by atoms with Crippen LogP contribution in [0.25, 0.3) is 11.2 Å². The quantitative estimate of drug-likeness (QED) is 0.0916. The first kappa shape index (κ1) is 39.6. The molecule has 2 aromatic heterocycles. The summed E-state index contributed by atoms with van der Waals surface area (Å²) in [6.45, 7) is 1.33. The summed E-state index contributed by atoms with van der Waals surface area (Å²) in [5.74, 6) is -0.325.